The Balaban J connectivity index is 1.59. The van der Waals surface area contributed by atoms with Crippen LogP contribution < -0.4 is 0 Å². The number of benzene rings is 2. The lowest BCUT2D eigenvalue weighted by Gasteiger charge is -2.49. The van der Waals surface area contributed by atoms with Crippen LogP contribution in [0.2, 0.25) is 0 Å². The van der Waals surface area contributed by atoms with Crippen LogP contribution in [0.5, 0.6) is 0 Å². The molecule has 3 nitrogen and oxygen atoms in total. The summed E-state index contributed by atoms with van der Waals surface area (Å²) in [5.41, 5.74) is 0.637. The van der Waals surface area contributed by atoms with Crippen LogP contribution in [0.25, 0.3) is 11.1 Å². The summed E-state index contributed by atoms with van der Waals surface area (Å²) in [5, 5.41) is 0. The van der Waals surface area contributed by atoms with Crippen LogP contribution in [0.1, 0.15) is 38.2 Å². The average molecular weight is 392 g/mol. The molecule has 0 spiro atoms. The second kappa shape index (κ2) is 7.85. The number of fused-ring (bicyclic) bond motifs is 3. The maximum absolute atomic E-state index is 14.8. The fourth-order valence-electron chi connectivity index (χ4n) is 3.88. The Labute approximate surface area is 162 Å². The van der Waals surface area contributed by atoms with E-state index >= 15 is 0 Å². The first-order valence-electron chi connectivity index (χ1n) is 9.73. The molecule has 3 aliphatic heterocycles. The van der Waals surface area contributed by atoms with Gasteiger partial charge in [-0.2, -0.15) is 0 Å². The van der Waals surface area contributed by atoms with Crippen LogP contribution in [-0.2, 0) is 20.2 Å². The summed E-state index contributed by atoms with van der Waals surface area (Å²) < 4.78 is 59.5. The summed E-state index contributed by atoms with van der Waals surface area (Å²) in [6.07, 6.45) is 4.24. The second-order valence-electron chi connectivity index (χ2n) is 7.44. The molecule has 0 N–H and O–H groups in total. The highest BCUT2D eigenvalue weighted by molar-refractivity contribution is 5.64. The molecule has 150 valence electrons. The number of halogens is 3. The molecule has 0 saturated carbocycles. The van der Waals surface area contributed by atoms with E-state index in [9.17, 15) is 13.2 Å². The molecule has 3 saturated heterocycles. The van der Waals surface area contributed by atoms with Gasteiger partial charge in [0.25, 0.3) is 0 Å². The fraction of sp³-hybridized carbons (Fsp3) is 0.455. The van der Waals surface area contributed by atoms with Gasteiger partial charge in [-0.05, 0) is 30.2 Å². The van der Waals surface area contributed by atoms with Crippen LogP contribution in [0, 0.1) is 23.4 Å². The number of ether oxygens (including phenoxy) is 3. The Hall–Kier alpha value is -1.89. The van der Waals surface area contributed by atoms with Gasteiger partial charge in [0.2, 0.25) is 0 Å². The third-order valence-electron chi connectivity index (χ3n) is 5.40. The normalized spacial score (nSPS) is 26.6. The smallest absolute Gasteiger partial charge is 0.312 e. The van der Waals surface area contributed by atoms with Gasteiger partial charge in [0.1, 0.15) is 17.5 Å². The molecule has 0 amide bonds. The third kappa shape index (κ3) is 3.69. The summed E-state index contributed by atoms with van der Waals surface area (Å²) in [6.45, 7) is 3.14. The van der Waals surface area contributed by atoms with Crippen molar-refractivity contribution in [3.63, 3.8) is 0 Å². The Bertz CT molecular complexity index is 827. The zero-order valence-corrected chi connectivity index (χ0v) is 15.7. The Morgan fingerprint density at radius 1 is 0.964 bits per heavy atom. The lowest BCUT2D eigenvalue weighted by atomic mass is 9.94. The minimum absolute atomic E-state index is 0.00843. The van der Waals surface area contributed by atoms with Crippen molar-refractivity contribution in [2.24, 2.45) is 5.92 Å². The Kier molecular flexibility index (Phi) is 5.45. The van der Waals surface area contributed by atoms with Gasteiger partial charge in [-0.15, -0.1) is 0 Å². The summed E-state index contributed by atoms with van der Waals surface area (Å²) in [7, 11) is 0. The molecule has 2 bridgehead atoms. The third-order valence-corrected chi connectivity index (χ3v) is 5.40. The zero-order chi connectivity index (χ0) is 19.7. The minimum atomic E-state index is -1.42. The lowest BCUT2D eigenvalue weighted by Crippen LogP contribution is -2.56. The monoisotopic (exact) mass is 392 g/mol. The molecule has 6 heteroatoms. The Morgan fingerprint density at radius 2 is 1.68 bits per heavy atom. The summed E-state index contributed by atoms with van der Waals surface area (Å²) in [4.78, 5) is 0. The van der Waals surface area contributed by atoms with Gasteiger partial charge in [-0.1, -0.05) is 38.3 Å². The van der Waals surface area contributed by atoms with Crippen molar-refractivity contribution >= 4 is 0 Å². The first-order chi connectivity index (χ1) is 13.5. The molecule has 0 aromatic heterocycles. The van der Waals surface area contributed by atoms with Crippen LogP contribution in [0.3, 0.4) is 0 Å². The van der Waals surface area contributed by atoms with E-state index in [-0.39, 0.29) is 23.1 Å². The molecule has 0 aliphatic carbocycles. The molecule has 0 radical (unpaired) electrons. The topological polar surface area (TPSA) is 27.7 Å². The van der Waals surface area contributed by atoms with Crippen LogP contribution >= 0.6 is 0 Å². The van der Waals surface area contributed by atoms with Gasteiger partial charge in [0.15, 0.2) is 0 Å². The van der Waals surface area contributed by atoms with Gasteiger partial charge in [0, 0.05) is 23.1 Å². The molecule has 3 heterocycles. The maximum atomic E-state index is 14.8. The van der Waals surface area contributed by atoms with Gasteiger partial charge < -0.3 is 14.2 Å². The molecule has 3 fully saturated rings. The van der Waals surface area contributed by atoms with E-state index in [1.807, 2.05) is 0 Å². The number of hydrogen-bond acceptors (Lipinski definition) is 3. The minimum Gasteiger partial charge on any atom is -0.323 e. The summed E-state index contributed by atoms with van der Waals surface area (Å²) in [6, 6.07) is 7.29. The fourth-order valence-corrected chi connectivity index (χ4v) is 3.88. The van der Waals surface area contributed by atoms with Crippen molar-refractivity contribution in [3.05, 3.63) is 59.4 Å². The van der Waals surface area contributed by atoms with E-state index in [0.717, 1.165) is 43.9 Å². The molecule has 2 aromatic rings. The average Bonchev–Trinajstić information content (AvgIpc) is 2.68. The predicted molar refractivity (Wildman–Crippen MR) is 97.8 cm³/mol. The highest BCUT2D eigenvalue weighted by Gasteiger charge is 2.51. The van der Waals surface area contributed by atoms with Crippen molar-refractivity contribution < 1.29 is 27.4 Å². The van der Waals surface area contributed by atoms with E-state index in [1.165, 1.54) is 12.1 Å². The van der Waals surface area contributed by atoms with E-state index in [1.54, 1.807) is 6.07 Å². The second-order valence-corrected chi connectivity index (χ2v) is 7.44. The first kappa shape index (κ1) is 19.4. The van der Waals surface area contributed by atoms with Crippen molar-refractivity contribution in [1.29, 1.82) is 0 Å². The van der Waals surface area contributed by atoms with E-state index in [0.29, 0.717) is 18.8 Å². The highest BCUT2D eigenvalue weighted by atomic mass is 19.1. The first-order valence-corrected chi connectivity index (χ1v) is 9.73. The predicted octanol–water partition coefficient (Wildman–Crippen LogP) is 5.52. The highest BCUT2D eigenvalue weighted by Crippen LogP contribution is 2.44. The van der Waals surface area contributed by atoms with Crippen molar-refractivity contribution in [1.82, 2.24) is 0 Å². The molecule has 2 aromatic carbocycles. The largest absolute Gasteiger partial charge is 0.323 e. The number of unbranched alkanes of at least 4 members (excludes halogenated alkanes) is 2. The van der Waals surface area contributed by atoms with E-state index < -0.39 is 23.4 Å². The molecule has 5 rings (SSSR count). The molecule has 1 unspecified atom stereocenters. The van der Waals surface area contributed by atoms with E-state index in [2.05, 4.69) is 6.92 Å². The van der Waals surface area contributed by atoms with Crippen molar-refractivity contribution in [2.45, 2.75) is 44.7 Å². The van der Waals surface area contributed by atoms with Gasteiger partial charge >= 0.3 is 5.97 Å². The SMILES string of the molecule is CCCCCC1OC2(c3ccc(-c4cc(F)cc(F)c4)c(F)c3)OCC1CO2. The molecular formula is C22H23F3O3. The Morgan fingerprint density at radius 3 is 2.32 bits per heavy atom. The zero-order valence-electron chi connectivity index (χ0n) is 15.7. The molecular weight excluding hydrogens is 369 g/mol. The van der Waals surface area contributed by atoms with E-state index in [4.69, 9.17) is 14.2 Å². The maximum Gasteiger partial charge on any atom is 0.312 e. The van der Waals surface area contributed by atoms with Crippen molar-refractivity contribution in [3.8, 4) is 11.1 Å². The number of rotatable bonds is 6. The van der Waals surface area contributed by atoms with Gasteiger partial charge in [-0.25, -0.2) is 13.2 Å². The van der Waals surface area contributed by atoms with Gasteiger partial charge in [-0.3, -0.25) is 0 Å². The lowest BCUT2D eigenvalue weighted by molar-refractivity contribution is -0.479. The quantitative estimate of drug-likeness (QED) is 0.606. The van der Waals surface area contributed by atoms with Crippen LogP contribution in [-0.4, -0.2) is 19.3 Å². The molecule has 28 heavy (non-hydrogen) atoms. The van der Waals surface area contributed by atoms with Gasteiger partial charge in [0.05, 0.1) is 19.3 Å². The number of hydrogen-bond donors (Lipinski definition) is 0. The van der Waals surface area contributed by atoms with Crippen LogP contribution in [0.15, 0.2) is 36.4 Å². The standard InChI is InChI=1S/C22H23F3O3/c1-2-3-4-5-21-15-12-26-22(28-21,27-13-15)16-6-7-19(20(25)10-16)14-8-17(23)11-18(24)9-14/h6-11,15,21H,2-5,12-13H2,1H3. The molecule has 3 aliphatic rings. The van der Waals surface area contributed by atoms with Crippen LogP contribution in [0.4, 0.5) is 13.2 Å². The van der Waals surface area contributed by atoms with Crippen molar-refractivity contribution in [2.75, 3.05) is 13.2 Å². The summed E-state index contributed by atoms with van der Waals surface area (Å²) >= 11 is 0. The summed E-state index contributed by atoms with van der Waals surface area (Å²) in [5.74, 6) is -3.38. The molecule has 1 atom stereocenters.